The van der Waals surface area contributed by atoms with Crippen molar-refractivity contribution in [3.05, 3.63) is 83.3 Å². The lowest BCUT2D eigenvalue weighted by atomic mass is 10.3. The van der Waals surface area contributed by atoms with Gasteiger partial charge in [-0.15, -0.1) is 0 Å². The molecule has 0 aliphatic heterocycles. The maximum Gasteiger partial charge on any atom is 0.245 e. The van der Waals surface area contributed by atoms with Crippen LogP contribution in [0.15, 0.2) is 83.3 Å². The van der Waals surface area contributed by atoms with Crippen molar-refractivity contribution in [1.29, 1.82) is 0 Å². The Kier molecular flexibility index (Phi) is 6.56. The number of sulfonamides is 1. The summed E-state index contributed by atoms with van der Waals surface area (Å²) in [6.07, 6.45) is 1.06. The van der Waals surface area contributed by atoms with Crippen molar-refractivity contribution >= 4 is 43.2 Å². The van der Waals surface area contributed by atoms with Crippen LogP contribution in [-0.2, 0) is 14.8 Å². The number of anilines is 2. The number of amides is 1. The molecule has 3 aromatic rings. The average Bonchev–Trinajstić information content (AvgIpc) is 2.68. The van der Waals surface area contributed by atoms with Gasteiger partial charge < -0.3 is 10.1 Å². The minimum absolute atomic E-state index is 0.344. The van der Waals surface area contributed by atoms with Crippen LogP contribution in [0.4, 0.5) is 11.4 Å². The lowest BCUT2D eigenvalue weighted by Gasteiger charge is -2.23. The minimum Gasteiger partial charge on any atom is -0.457 e. The molecule has 150 valence electrons. The molecular weight excluding hydrogens is 456 g/mol. The number of ether oxygens (including phenoxy) is 1. The zero-order valence-electron chi connectivity index (χ0n) is 15.6. The van der Waals surface area contributed by atoms with Gasteiger partial charge >= 0.3 is 0 Å². The van der Waals surface area contributed by atoms with Crippen molar-refractivity contribution < 1.29 is 17.9 Å². The maximum absolute atomic E-state index is 12.5. The predicted molar refractivity (Wildman–Crippen MR) is 118 cm³/mol. The number of hydrogen-bond acceptors (Lipinski definition) is 4. The van der Waals surface area contributed by atoms with Crippen LogP contribution in [0.3, 0.4) is 0 Å². The standard InChI is InChI=1S/C21H19BrN2O4S/c1-29(26,27)24(20-10-6-5-9-19(20)22)15-21(25)23-16-11-13-18(14-12-16)28-17-7-3-2-4-8-17/h2-14H,15H2,1H3,(H,23,25). The minimum atomic E-state index is -3.65. The molecule has 0 saturated heterocycles. The van der Waals surface area contributed by atoms with Gasteiger partial charge in [0, 0.05) is 10.2 Å². The SMILES string of the molecule is CS(=O)(=O)N(CC(=O)Nc1ccc(Oc2ccccc2)cc1)c1ccccc1Br. The number of carbonyl (C=O) groups excluding carboxylic acids is 1. The quantitative estimate of drug-likeness (QED) is 0.540. The highest BCUT2D eigenvalue weighted by molar-refractivity contribution is 9.10. The molecule has 3 rings (SSSR count). The number of rotatable bonds is 7. The second-order valence-corrected chi connectivity index (χ2v) is 8.97. The van der Waals surface area contributed by atoms with Crippen LogP contribution in [0.5, 0.6) is 11.5 Å². The molecule has 1 amide bonds. The van der Waals surface area contributed by atoms with Crippen LogP contribution in [0, 0.1) is 0 Å². The van der Waals surface area contributed by atoms with E-state index in [1.807, 2.05) is 30.3 Å². The van der Waals surface area contributed by atoms with E-state index in [2.05, 4.69) is 21.2 Å². The molecule has 0 atom stereocenters. The average molecular weight is 475 g/mol. The Morgan fingerprint density at radius 1 is 0.931 bits per heavy atom. The first-order chi connectivity index (χ1) is 13.8. The highest BCUT2D eigenvalue weighted by Gasteiger charge is 2.22. The number of para-hydroxylation sites is 2. The summed E-state index contributed by atoms with van der Waals surface area (Å²) in [7, 11) is -3.65. The highest BCUT2D eigenvalue weighted by atomic mass is 79.9. The van der Waals surface area contributed by atoms with E-state index in [-0.39, 0.29) is 6.54 Å². The zero-order chi connectivity index (χ0) is 20.9. The maximum atomic E-state index is 12.5. The summed E-state index contributed by atoms with van der Waals surface area (Å²) in [6.45, 7) is -0.344. The summed E-state index contributed by atoms with van der Waals surface area (Å²) in [4.78, 5) is 12.5. The van der Waals surface area contributed by atoms with E-state index in [1.165, 1.54) is 0 Å². The molecular formula is C21H19BrN2O4S. The van der Waals surface area contributed by atoms with Crippen molar-refractivity contribution in [2.45, 2.75) is 0 Å². The molecule has 0 saturated carbocycles. The first-order valence-corrected chi connectivity index (χ1v) is 11.3. The van der Waals surface area contributed by atoms with Gasteiger partial charge in [0.15, 0.2) is 0 Å². The lowest BCUT2D eigenvalue weighted by molar-refractivity contribution is -0.114. The number of benzene rings is 3. The Morgan fingerprint density at radius 2 is 1.52 bits per heavy atom. The monoisotopic (exact) mass is 474 g/mol. The molecule has 6 nitrogen and oxygen atoms in total. The fourth-order valence-electron chi connectivity index (χ4n) is 2.60. The van der Waals surface area contributed by atoms with E-state index < -0.39 is 15.9 Å². The van der Waals surface area contributed by atoms with Gasteiger partial charge in [0.2, 0.25) is 15.9 Å². The molecule has 0 heterocycles. The summed E-state index contributed by atoms with van der Waals surface area (Å²) in [5.41, 5.74) is 0.938. The third-order valence-electron chi connectivity index (χ3n) is 3.93. The van der Waals surface area contributed by atoms with Crippen molar-refractivity contribution in [2.24, 2.45) is 0 Å². The van der Waals surface area contributed by atoms with Gasteiger partial charge in [-0.05, 0) is 64.5 Å². The van der Waals surface area contributed by atoms with Crippen molar-refractivity contribution in [3.63, 3.8) is 0 Å². The van der Waals surface area contributed by atoms with E-state index in [9.17, 15) is 13.2 Å². The summed E-state index contributed by atoms with van der Waals surface area (Å²) in [5.74, 6) is 0.879. The van der Waals surface area contributed by atoms with Crippen LogP contribution in [0.25, 0.3) is 0 Å². The van der Waals surface area contributed by atoms with Crippen LogP contribution >= 0.6 is 15.9 Å². The number of nitrogens with zero attached hydrogens (tertiary/aromatic N) is 1. The normalized spacial score (nSPS) is 11.0. The van der Waals surface area contributed by atoms with Crippen LogP contribution in [0.1, 0.15) is 0 Å². The summed E-state index contributed by atoms with van der Waals surface area (Å²) in [5, 5.41) is 2.71. The van der Waals surface area contributed by atoms with Crippen LogP contribution < -0.4 is 14.4 Å². The Bertz CT molecular complexity index is 1090. The van der Waals surface area contributed by atoms with Gasteiger partial charge in [0.1, 0.15) is 18.0 Å². The molecule has 0 fully saturated rings. The van der Waals surface area contributed by atoms with Gasteiger partial charge in [-0.1, -0.05) is 30.3 Å². The number of carbonyl (C=O) groups is 1. The molecule has 0 bridgehead atoms. The van der Waals surface area contributed by atoms with Crippen LogP contribution in [-0.4, -0.2) is 27.1 Å². The van der Waals surface area contributed by atoms with Crippen molar-refractivity contribution in [3.8, 4) is 11.5 Å². The molecule has 0 aromatic heterocycles. The fraction of sp³-hybridized carbons (Fsp3) is 0.0952. The fourth-order valence-corrected chi connectivity index (χ4v) is 4.08. The Morgan fingerprint density at radius 3 is 2.14 bits per heavy atom. The molecule has 3 aromatic carbocycles. The summed E-state index contributed by atoms with van der Waals surface area (Å²) < 4.78 is 31.7. The summed E-state index contributed by atoms with van der Waals surface area (Å²) >= 11 is 3.33. The number of hydrogen-bond donors (Lipinski definition) is 1. The molecule has 8 heteroatoms. The molecule has 1 N–H and O–H groups in total. The smallest absolute Gasteiger partial charge is 0.245 e. The van der Waals surface area contributed by atoms with E-state index in [4.69, 9.17) is 4.74 Å². The van der Waals surface area contributed by atoms with Crippen molar-refractivity contribution in [1.82, 2.24) is 0 Å². The van der Waals surface area contributed by atoms with Gasteiger partial charge in [0.25, 0.3) is 0 Å². The van der Waals surface area contributed by atoms with Gasteiger partial charge in [-0.2, -0.15) is 0 Å². The number of halogens is 1. The third kappa shape index (κ3) is 5.82. The molecule has 0 aliphatic rings. The van der Waals surface area contributed by atoms with Gasteiger partial charge in [-0.3, -0.25) is 9.10 Å². The lowest BCUT2D eigenvalue weighted by Crippen LogP contribution is -2.37. The van der Waals surface area contributed by atoms with Gasteiger partial charge in [0.05, 0.1) is 11.9 Å². The molecule has 0 aliphatic carbocycles. The van der Waals surface area contributed by atoms with Crippen LogP contribution in [0.2, 0.25) is 0 Å². The second-order valence-electron chi connectivity index (χ2n) is 6.21. The van der Waals surface area contributed by atoms with E-state index in [0.29, 0.717) is 27.3 Å². The topological polar surface area (TPSA) is 75.7 Å². The highest BCUT2D eigenvalue weighted by Crippen LogP contribution is 2.28. The third-order valence-corrected chi connectivity index (χ3v) is 5.72. The Labute approximate surface area is 178 Å². The molecule has 29 heavy (non-hydrogen) atoms. The largest absolute Gasteiger partial charge is 0.457 e. The Hall–Kier alpha value is -2.84. The summed E-state index contributed by atoms with van der Waals surface area (Å²) in [6, 6.07) is 23.0. The molecule has 0 radical (unpaired) electrons. The van der Waals surface area contributed by atoms with E-state index in [0.717, 1.165) is 10.6 Å². The van der Waals surface area contributed by atoms with E-state index >= 15 is 0 Å². The predicted octanol–water partition coefficient (Wildman–Crippen LogP) is 4.65. The molecule has 0 unspecified atom stereocenters. The Balaban J connectivity index is 1.68. The van der Waals surface area contributed by atoms with Gasteiger partial charge in [-0.25, -0.2) is 8.42 Å². The number of nitrogens with one attached hydrogen (secondary N) is 1. The zero-order valence-corrected chi connectivity index (χ0v) is 18.0. The first-order valence-electron chi connectivity index (χ1n) is 8.68. The molecule has 0 spiro atoms. The first kappa shape index (κ1) is 20.9. The second kappa shape index (κ2) is 9.11. The van der Waals surface area contributed by atoms with Crippen molar-refractivity contribution in [2.75, 3.05) is 22.4 Å². The van der Waals surface area contributed by atoms with E-state index in [1.54, 1.807) is 48.5 Å².